The summed E-state index contributed by atoms with van der Waals surface area (Å²) in [5, 5.41) is 11.0. The summed E-state index contributed by atoms with van der Waals surface area (Å²) in [5.41, 5.74) is 7.28. The second-order valence-electron chi connectivity index (χ2n) is 9.73. The second kappa shape index (κ2) is 6.80. The molecule has 6 heteroatoms. The molecule has 1 N–H and O–H groups in total. The SMILES string of the molecule is CC(C)(C)c1c(-c2cc(Cl)ccc2Cl)cc2c3c1[C@@H]1CN(C(=O)O)CC[C@@H]1N3CC2. The third-order valence-electron chi connectivity index (χ3n) is 6.91. The van der Waals surface area contributed by atoms with Crippen LogP contribution in [0.15, 0.2) is 24.3 Å². The van der Waals surface area contributed by atoms with Crippen LogP contribution >= 0.6 is 23.2 Å². The van der Waals surface area contributed by atoms with Gasteiger partial charge in [0, 0.05) is 52.9 Å². The number of nitrogens with zero attached hydrogens (tertiary/aromatic N) is 2. The molecular formula is C24H26Cl2N2O2. The fourth-order valence-corrected chi connectivity index (χ4v) is 6.21. The van der Waals surface area contributed by atoms with Gasteiger partial charge in [-0.2, -0.15) is 0 Å². The van der Waals surface area contributed by atoms with E-state index in [-0.39, 0.29) is 11.3 Å². The van der Waals surface area contributed by atoms with Crippen LogP contribution in [-0.4, -0.2) is 41.8 Å². The lowest BCUT2D eigenvalue weighted by Gasteiger charge is -2.38. The van der Waals surface area contributed by atoms with Crippen molar-refractivity contribution in [3.8, 4) is 11.1 Å². The van der Waals surface area contributed by atoms with Crippen molar-refractivity contribution in [2.75, 3.05) is 24.5 Å². The number of carboxylic acid groups (broad SMARTS) is 1. The van der Waals surface area contributed by atoms with Gasteiger partial charge in [0.2, 0.25) is 0 Å². The normalized spacial score (nSPS) is 22.3. The number of anilines is 1. The molecule has 2 atom stereocenters. The van der Waals surface area contributed by atoms with Crippen LogP contribution in [0.2, 0.25) is 10.0 Å². The average Bonchev–Trinajstić information content (AvgIpc) is 3.24. The van der Waals surface area contributed by atoms with E-state index in [9.17, 15) is 9.90 Å². The third-order valence-corrected chi connectivity index (χ3v) is 7.48. The Labute approximate surface area is 187 Å². The highest BCUT2D eigenvalue weighted by molar-refractivity contribution is 6.35. The van der Waals surface area contributed by atoms with Crippen molar-refractivity contribution in [1.29, 1.82) is 0 Å². The first-order valence-corrected chi connectivity index (χ1v) is 11.3. The number of hydrogen-bond donors (Lipinski definition) is 1. The number of carbonyl (C=O) groups is 1. The largest absolute Gasteiger partial charge is 0.465 e. The zero-order valence-electron chi connectivity index (χ0n) is 17.5. The first-order valence-electron chi connectivity index (χ1n) is 10.6. The number of rotatable bonds is 1. The van der Waals surface area contributed by atoms with Crippen LogP contribution < -0.4 is 4.90 Å². The quantitative estimate of drug-likeness (QED) is 0.571. The fourth-order valence-electron chi connectivity index (χ4n) is 5.82. The molecule has 2 aromatic carbocycles. The lowest BCUT2D eigenvalue weighted by atomic mass is 9.73. The molecule has 0 spiro atoms. The van der Waals surface area contributed by atoms with Gasteiger partial charge in [-0.05, 0) is 64.8 Å². The van der Waals surface area contributed by atoms with Crippen molar-refractivity contribution in [1.82, 2.24) is 4.90 Å². The molecule has 0 radical (unpaired) electrons. The van der Waals surface area contributed by atoms with Crippen LogP contribution in [0.4, 0.5) is 10.5 Å². The van der Waals surface area contributed by atoms with Crippen molar-refractivity contribution in [3.05, 3.63) is 51.0 Å². The predicted molar refractivity (Wildman–Crippen MR) is 122 cm³/mol. The minimum absolute atomic E-state index is 0.125. The fraction of sp³-hybridized carbons (Fsp3) is 0.458. The molecule has 158 valence electrons. The van der Waals surface area contributed by atoms with E-state index in [1.54, 1.807) is 4.90 Å². The molecule has 5 rings (SSSR count). The van der Waals surface area contributed by atoms with Gasteiger partial charge >= 0.3 is 6.09 Å². The molecule has 30 heavy (non-hydrogen) atoms. The topological polar surface area (TPSA) is 43.8 Å². The van der Waals surface area contributed by atoms with E-state index in [1.807, 2.05) is 18.2 Å². The maximum absolute atomic E-state index is 11.7. The van der Waals surface area contributed by atoms with Crippen LogP contribution in [0.25, 0.3) is 11.1 Å². The molecule has 0 saturated carbocycles. The van der Waals surface area contributed by atoms with E-state index >= 15 is 0 Å². The number of piperidine rings is 1. The van der Waals surface area contributed by atoms with Crippen LogP contribution in [0.1, 0.15) is 49.8 Å². The highest BCUT2D eigenvalue weighted by Gasteiger charge is 2.48. The Morgan fingerprint density at radius 2 is 1.90 bits per heavy atom. The first kappa shape index (κ1) is 20.0. The first-order chi connectivity index (χ1) is 14.2. The molecule has 2 aromatic rings. The molecule has 3 heterocycles. The Morgan fingerprint density at radius 3 is 2.60 bits per heavy atom. The lowest BCUT2D eigenvalue weighted by molar-refractivity contribution is 0.127. The van der Waals surface area contributed by atoms with Gasteiger partial charge in [-0.1, -0.05) is 44.0 Å². The third kappa shape index (κ3) is 2.91. The van der Waals surface area contributed by atoms with Crippen LogP contribution in [0.3, 0.4) is 0 Å². The van der Waals surface area contributed by atoms with Gasteiger partial charge in [-0.15, -0.1) is 0 Å². The van der Waals surface area contributed by atoms with E-state index < -0.39 is 6.09 Å². The summed E-state index contributed by atoms with van der Waals surface area (Å²) in [5.74, 6) is 0.191. The zero-order valence-corrected chi connectivity index (χ0v) is 19.0. The molecule has 3 aliphatic heterocycles. The molecule has 4 nitrogen and oxygen atoms in total. The summed E-state index contributed by atoms with van der Waals surface area (Å²) >= 11 is 13.0. The van der Waals surface area contributed by atoms with E-state index in [4.69, 9.17) is 23.2 Å². The summed E-state index contributed by atoms with van der Waals surface area (Å²) in [4.78, 5) is 15.9. The van der Waals surface area contributed by atoms with Crippen LogP contribution in [-0.2, 0) is 11.8 Å². The van der Waals surface area contributed by atoms with Crippen LogP contribution in [0.5, 0.6) is 0 Å². The zero-order chi connectivity index (χ0) is 21.4. The van der Waals surface area contributed by atoms with E-state index in [0.717, 1.165) is 30.5 Å². The second-order valence-corrected chi connectivity index (χ2v) is 10.6. The number of fused-ring (bicyclic) bond motifs is 3. The number of likely N-dealkylation sites (tertiary alicyclic amines) is 1. The van der Waals surface area contributed by atoms with Gasteiger partial charge in [-0.3, -0.25) is 0 Å². The minimum Gasteiger partial charge on any atom is -0.465 e. The van der Waals surface area contributed by atoms with Gasteiger partial charge in [-0.25, -0.2) is 4.79 Å². The minimum atomic E-state index is -0.822. The van der Waals surface area contributed by atoms with E-state index in [1.165, 1.54) is 22.4 Å². The highest BCUT2D eigenvalue weighted by atomic mass is 35.5. The molecule has 0 bridgehead atoms. The Bertz CT molecular complexity index is 1060. The highest BCUT2D eigenvalue weighted by Crippen LogP contribution is 2.55. The van der Waals surface area contributed by atoms with Crippen LogP contribution in [0, 0.1) is 0 Å². The molecular weight excluding hydrogens is 419 g/mol. The van der Waals surface area contributed by atoms with Gasteiger partial charge < -0.3 is 14.9 Å². The number of amides is 1. The number of benzene rings is 2. The number of hydrogen-bond acceptors (Lipinski definition) is 2. The lowest BCUT2D eigenvalue weighted by Crippen LogP contribution is -2.47. The molecule has 3 aliphatic rings. The molecule has 1 saturated heterocycles. The summed E-state index contributed by atoms with van der Waals surface area (Å²) in [6.07, 6.45) is 1.07. The van der Waals surface area contributed by atoms with Crippen molar-refractivity contribution in [2.24, 2.45) is 0 Å². The standard InChI is InChI=1S/C24H26Cl2N2O2/c1-24(2,3)21-16(15-11-14(25)4-5-18(15)26)10-13-6-9-28-19-7-8-27(23(29)30)12-17(19)20(21)22(13)28/h4-5,10-11,17,19H,6-9,12H2,1-3H3,(H,29,30)/t17-,19+/m1/s1. The molecule has 0 aromatic heterocycles. The van der Waals surface area contributed by atoms with Crippen molar-refractivity contribution in [3.63, 3.8) is 0 Å². The maximum atomic E-state index is 11.7. The summed E-state index contributed by atoms with van der Waals surface area (Å²) < 4.78 is 0. The van der Waals surface area contributed by atoms with E-state index in [2.05, 4.69) is 31.7 Å². The molecule has 1 amide bonds. The Kier molecular flexibility index (Phi) is 4.53. The van der Waals surface area contributed by atoms with Gasteiger partial charge in [0.1, 0.15) is 0 Å². The molecule has 1 fully saturated rings. The van der Waals surface area contributed by atoms with E-state index in [0.29, 0.717) is 29.2 Å². The van der Waals surface area contributed by atoms with Crippen molar-refractivity contribution in [2.45, 2.75) is 51.0 Å². The predicted octanol–water partition coefficient (Wildman–Crippen LogP) is 6.17. The summed E-state index contributed by atoms with van der Waals surface area (Å²) in [6, 6.07) is 8.32. The van der Waals surface area contributed by atoms with Gasteiger partial charge in [0.05, 0.1) is 0 Å². The Balaban J connectivity index is 1.79. The van der Waals surface area contributed by atoms with Gasteiger partial charge in [0.15, 0.2) is 0 Å². The monoisotopic (exact) mass is 444 g/mol. The summed E-state index contributed by atoms with van der Waals surface area (Å²) in [6.45, 7) is 8.87. The van der Waals surface area contributed by atoms with Crippen molar-refractivity contribution >= 4 is 35.0 Å². The molecule has 0 aliphatic carbocycles. The Morgan fingerprint density at radius 1 is 1.13 bits per heavy atom. The maximum Gasteiger partial charge on any atom is 0.407 e. The smallest absolute Gasteiger partial charge is 0.407 e. The van der Waals surface area contributed by atoms with Crippen molar-refractivity contribution < 1.29 is 9.90 Å². The summed E-state index contributed by atoms with van der Waals surface area (Å²) in [7, 11) is 0. The average molecular weight is 445 g/mol. The number of halogens is 2. The van der Waals surface area contributed by atoms with Gasteiger partial charge in [0.25, 0.3) is 0 Å². The molecule has 0 unspecified atom stereocenters. The Hall–Kier alpha value is -1.91.